The zero-order chi connectivity index (χ0) is 11.9. The van der Waals surface area contributed by atoms with E-state index in [1.807, 2.05) is 0 Å². The van der Waals surface area contributed by atoms with Crippen molar-refractivity contribution in [2.45, 2.75) is 37.5 Å². The van der Waals surface area contributed by atoms with Crippen LogP contribution in [0.1, 0.15) is 26.7 Å². The molecule has 0 saturated carbocycles. The molecule has 0 aromatic rings. The first kappa shape index (κ1) is 12.4. The van der Waals surface area contributed by atoms with E-state index in [0.717, 1.165) is 0 Å². The lowest BCUT2D eigenvalue weighted by Gasteiger charge is -2.26. The van der Waals surface area contributed by atoms with Crippen LogP contribution >= 0.6 is 0 Å². The third-order valence-corrected chi connectivity index (χ3v) is 6.02. The Bertz CT molecular complexity index is 357. The van der Waals surface area contributed by atoms with E-state index in [9.17, 15) is 18.3 Å². The SMILES string of the molecule is CC1(C)C(CC(O)C(=O)O)CCS1(=O)=O. The first-order valence-corrected chi connectivity index (χ1v) is 6.47. The lowest BCUT2D eigenvalue weighted by Crippen LogP contribution is -2.36. The molecule has 0 aromatic carbocycles. The average molecular weight is 236 g/mol. The highest BCUT2D eigenvalue weighted by molar-refractivity contribution is 7.93. The Kier molecular flexibility index (Phi) is 3.11. The molecule has 2 unspecified atom stereocenters. The molecule has 0 bridgehead atoms. The third kappa shape index (κ3) is 2.15. The van der Waals surface area contributed by atoms with Gasteiger partial charge in [0.2, 0.25) is 0 Å². The van der Waals surface area contributed by atoms with Gasteiger partial charge >= 0.3 is 5.97 Å². The molecule has 15 heavy (non-hydrogen) atoms. The molecule has 1 aliphatic heterocycles. The van der Waals surface area contributed by atoms with Crippen molar-refractivity contribution in [3.63, 3.8) is 0 Å². The summed E-state index contributed by atoms with van der Waals surface area (Å²) in [6.45, 7) is 3.18. The molecule has 0 amide bonds. The van der Waals surface area contributed by atoms with Gasteiger partial charge in [-0.05, 0) is 32.6 Å². The van der Waals surface area contributed by atoms with Crippen LogP contribution in [0, 0.1) is 5.92 Å². The minimum atomic E-state index is -3.15. The second-order valence-electron chi connectivity index (χ2n) is 4.50. The molecule has 1 rings (SSSR count). The Hall–Kier alpha value is -0.620. The number of carboxylic acid groups (broad SMARTS) is 1. The summed E-state index contributed by atoms with van der Waals surface area (Å²) in [7, 11) is -3.15. The second kappa shape index (κ2) is 3.75. The van der Waals surface area contributed by atoms with Crippen LogP contribution in [0.2, 0.25) is 0 Å². The normalized spacial score (nSPS) is 29.9. The smallest absolute Gasteiger partial charge is 0.332 e. The van der Waals surface area contributed by atoms with E-state index >= 15 is 0 Å². The fourth-order valence-electron chi connectivity index (χ4n) is 1.93. The maximum atomic E-state index is 11.6. The molecule has 0 aliphatic carbocycles. The first-order valence-electron chi connectivity index (χ1n) is 4.81. The second-order valence-corrected chi connectivity index (χ2v) is 7.19. The van der Waals surface area contributed by atoms with Gasteiger partial charge in [0.05, 0.1) is 10.5 Å². The van der Waals surface area contributed by atoms with E-state index < -0.39 is 26.7 Å². The molecule has 6 heteroatoms. The summed E-state index contributed by atoms with van der Waals surface area (Å²) in [5, 5.41) is 17.7. The highest BCUT2D eigenvalue weighted by atomic mass is 32.2. The van der Waals surface area contributed by atoms with Gasteiger partial charge in [-0.3, -0.25) is 0 Å². The minimum Gasteiger partial charge on any atom is -0.479 e. The summed E-state index contributed by atoms with van der Waals surface area (Å²) in [4.78, 5) is 10.5. The van der Waals surface area contributed by atoms with Crippen molar-refractivity contribution in [2.24, 2.45) is 5.92 Å². The number of hydrogen-bond acceptors (Lipinski definition) is 4. The van der Waals surface area contributed by atoms with Crippen molar-refractivity contribution in [3.8, 4) is 0 Å². The molecule has 1 fully saturated rings. The van der Waals surface area contributed by atoms with Gasteiger partial charge in [-0.2, -0.15) is 0 Å². The fourth-order valence-corrected chi connectivity index (χ4v) is 3.78. The number of carboxylic acids is 1. The predicted molar refractivity (Wildman–Crippen MR) is 54.2 cm³/mol. The van der Waals surface area contributed by atoms with Crippen LogP contribution in [0.5, 0.6) is 0 Å². The van der Waals surface area contributed by atoms with Gasteiger partial charge < -0.3 is 10.2 Å². The summed E-state index contributed by atoms with van der Waals surface area (Å²) >= 11 is 0. The van der Waals surface area contributed by atoms with Crippen LogP contribution in [0.25, 0.3) is 0 Å². The van der Waals surface area contributed by atoms with Gasteiger partial charge in [0, 0.05) is 0 Å². The monoisotopic (exact) mass is 236 g/mol. The van der Waals surface area contributed by atoms with E-state index in [-0.39, 0.29) is 18.1 Å². The fraction of sp³-hybridized carbons (Fsp3) is 0.889. The number of aliphatic hydroxyl groups excluding tert-OH is 1. The maximum Gasteiger partial charge on any atom is 0.332 e. The van der Waals surface area contributed by atoms with Crippen LogP contribution in [0.4, 0.5) is 0 Å². The predicted octanol–water partition coefficient (Wildman–Crippen LogP) is 0.0353. The van der Waals surface area contributed by atoms with Crippen molar-refractivity contribution >= 4 is 15.8 Å². The minimum absolute atomic E-state index is 0.00155. The van der Waals surface area contributed by atoms with Crippen LogP contribution in [-0.2, 0) is 14.6 Å². The van der Waals surface area contributed by atoms with Crippen LogP contribution in [-0.4, -0.2) is 41.2 Å². The highest BCUT2D eigenvalue weighted by Gasteiger charge is 2.48. The van der Waals surface area contributed by atoms with Crippen LogP contribution < -0.4 is 0 Å². The Morgan fingerprint density at radius 2 is 2.07 bits per heavy atom. The number of rotatable bonds is 3. The van der Waals surface area contributed by atoms with E-state index in [1.54, 1.807) is 13.8 Å². The van der Waals surface area contributed by atoms with Crippen molar-refractivity contribution in [2.75, 3.05) is 5.75 Å². The van der Waals surface area contributed by atoms with Crippen molar-refractivity contribution in [1.29, 1.82) is 0 Å². The summed E-state index contributed by atoms with van der Waals surface area (Å²) in [5.74, 6) is -1.50. The van der Waals surface area contributed by atoms with Gasteiger partial charge in [-0.15, -0.1) is 0 Å². The Balaban J connectivity index is 2.79. The zero-order valence-corrected chi connectivity index (χ0v) is 9.62. The summed E-state index contributed by atoms with van der Waals surface area (Å²) in [5.41, 5.74) is 0. The lowest BCUT2D eigenvalue weighted by molar-refractivity contribution is -0.147. The quantitative estimate of drug-likeness (QED) is 0.721. The number of sulfone groups is 1. The molecule has 5 nitrogen and oxygen atoms in total. The number of aliphatic hydroxyl groups is 1. The standard InChI is InChI=1S/C9H16O5S/c1-9(2)6(3-4-15(9,13)14)5-7(10)8(11)12/h6-7,10H,3-5H2,1-2H3,(H,11,12). The van der Waals surface area contributed by atoms with Crippen molar-refractivity contribution in [1.82, 2.24) is 0 Å². The molecule has 0 spiro atoms. The van der Waals surface area contributed by atoms with Crippen molar-refractivity contribution < 1.29 is 23.4 Å². The molecule has 2 N–H and O–H groups in total. The molecule has 1 saturated heterocycles. The average Bonchev–Trinajstić information content (AvgIpc) is 2.27. The van der Waals surface area contributed by atoms with Gasteiger partial charge in [-0.25, -0.2) is 13.2 Å². The van der Waals surface area contributed by atoms with E-state index in [1.165, 1.54) is 0 Å². The van der Waals surface area contributed by atoms with Crippen molar-refractivity contribution in [3.05, 3.63) is 0 Å². The number of aliphatic carboxylic acids is 1. The highest BCUT2D eigenvalue weighted by Crippen LogP contribution is 2.39. The Morgan fingerprint density at radius 1 is 1.53 bits per heavy atom. The molecule has 1 aliphatic rings. The molecule has 1 heterocycles. The van der Waals surface area contributed by atoms with E-state index in [2.05, 4.69) is 0 Å². The molecule has 0 aromatic heterocycles. The first-order chi connectivity index (χ1) is 6.68. The zero-order valence-electron chi connectivity index (χ0n) is 8.80. The molecular formula is C9H16O5S. The summed E-state index contributed by atoms with van der Waals surface area (Å²) in [6, 6.07) is 0. The largest absolute Gasteiger partial charge is 0.479 e. The molecule has 2 atom stereocenters. The number of hydrogen-bond donors (Lipinski definition) is 2. The number of carbonyl (C=O) groups is 1. The topological polar surface area (TPSA) is 91.7 Å². The summed E-state index contributed by atoms with van der Waals surface area (Å²) < 4.78 is 22.3. The molecule has 88 valence electrons. The van der Waals surface area contributed by atoms with Crippen LogP contribution in [0.3, 0.4) is 0 Å². The Morgan fingerprint density at radius 3 is 2.40 bits per heavy atom. The maximum absolute atomic E-state index is 11.6. The third-order valence-electron chi connectivity index (χ3n) is 3.31. The van der Waals surface area contributed by atoms with Gasteiger partial charge in [0.1, 0.15) is 0 Å². The van der Waals surface area contributed by atoms with Crippen LogP contribution in [0.15, 0.2) is 0 Å². The Labute approximate surface area is 89.0 Å². The van der Waals surface area contributed by atoms with Gasteiger partial charge in [-0.1, -0.05) is 0 Å². The molecular weight excluding hydrogens is 220 g/mol. The molecule has 0 radical (unpaired) electrons. The van der Waals surface area contributed by atoms with E-state index in [4.69, 9.17) is 5.11 Å². The summed E-state index contributed by atoms with van der Waals surface area (Å²) in [6.07, 6.45) is -1.04. The van der Waals surface area contributed by atoms with Gasteiger partial charge in [0.15, 0.2) is 15.9 Å². The van der Waals surface area contributed by atoms with E-state index in [0.29, 0.717) is 6.42 Å². The lowest BCUT2D eigenvalue weighted by atomic mass is 9.87. The van der Waals surface area contributed by atoms with Gasteiger partial charge in [0.25, 0.3) is 0 Å².